The Kier molecular flexibility index (Phi) is 4.86. The Morgan fingerprint density at radius 2 is 1.83 bits per heavy atom. The van der Waals surface area contributed by atoms with Crippen molar-refractivity contribution < 1.29 is 9.59 Å². The van der Waals surface area contributed by atoms with Gasteiger partial charge in [0, 0.05) is 22.2 Å². The van der Waals surface area contributed by atoms with Gasteiger partial charge in [0.1, 0.15) is 0 Å². The number of benzene rings is 2. The summed E-state index contributed by atoms with van der Waals surface area (Å²) in [5, 5.41) is 6.44. The first-order valence-corrected chi connectivity index (χ1v) is 8.38. The highest BCUT2D eigenvalue weighted by molar-refractivity contribution is 6.30. The van der Waals surface area contributed by atoms with Gasteiger partial charge in [-0.2, -0.15) is 0 Å². The van der Waals surface area contributed by atoms with Crippen molar-refractivity contribution in [3.8, 4) is 0 Å². The van der Waals surface area contributed by atoms with Crippen molar-refractivity contribution in [2.45, 2.75) is 25.8 Å². The number of carbonyl (C=O) groups excluding carboxylic acids is 2. The smallest absolute Gasteiger partial charge is 0.251 e. The summed E-state index contributed by atoms with van der Waals surface area (Å²) in [5.41, 5.74) is 2.21. The Labute approximate surface area is 146 Å². The van der Waals surface area contributed by atoms with Crippen molar-refractivity contribution in [1.29, 1.82) is 0 Å². The topological polar surface area (TPSA) is 58.2 Å². The molecule has 4 nitrogen and oxygen atoms in total. The van der Waals surface area contributed by atoms with Crippen LogP contribution < -0.4 is 10.6 Å². The number of carbonyl (C=O) groups is 2. The molecule has 0 saturated heterocycles. The summed E-state index contributed by atoms with van der Waals surface area (Å²) in [6.07, 6.45) is 1.93. The summed E-state index contributed by atoms with van der Waals surface area (Å²) in [4.78, 5) is 24.1. The zero-order valence-corrected chi connectivity index (χ0v) is 14.1. The van der Waals surface area contributed by atoms with Crippen molar-refractivity contribution in [3.05, 3.63) is 64.7 Å². The lowest BCUT2D eigenvalue weighted by Gasteiger charge is -2.15. The molecule has 3 rings (SSSR count). The van der Waals surface area contributed by atoms with Crippen LogP contribution >= 0.6 is 11.6 Å². The normalized spacial score (nSPS) is 14.8. The van der Waals surface area contributed by atoms with Gasteiger partial charge in [0.25, 0.3) is 5.91 Å². The maximum atomic E-state index is 12.3. The van der Waals surface area contributed by atoms with Crippen molar-refractivity contribution in [2.24, 2.45) is 5.92 Å². The summed E-state index contributed by atoms with van der Waals surface area (Å²) in [6.45, 7) is 1.91. The number of hydrogen-bond donors (Lipinski definition) is 2. The fraction of sp³-hybridized carbons (Fsp3) is 0.263. The molecule has 0 bridgehead atoms. The number of rotatable bonds is 5. The molecule has 1 atom stereocenters. The van der Waals surface area contributed by atoms with Crippen LogP contribution in [-0.4, -0.2) is 11.8 Å². The van der Waals surface area contributed by atoms with E-state index in [1.807, 2.05) is 25.1 Å². The van der Waals surface area contributed by atoms with Crippen molar-refractivity contribution in [3.63, 3.8) is 0 Å². The monoisotopic (exact) mass is 342 g/mol. The van der Waals surface area contributed by atoms with E-state index in [0.29, 0.717) is 16.3 Å². The fourth-order valence-corrected chi connectivity index (χ4v) is 2.63. The van der Waals surface area contributed by atoms with Gasteiger partial charge in [-0.05, 0) is 61.7 Å². The number of nitrogens with one attached hydrogen (secondary N) is 2. The van der Waals surface area contributed by atoms with E-state index in [-0.39, 0.29) is 23.8 Å². The molecule has 124 valence electrons. The molecule has 5 heteroatoms. The summed E-state index contributed by atoms with van der Waals surface area (Å²) in [6, 6.07) is 14.2. The van der Waals surface area contributed by atoms with Crippen LogP contribution in [0.15, 0.2) is 48.5 Å². The van der Waals surface area contributed by atoms with Gasteiger partial charge in [-0.25, -0.2) is 0 Å². The van der Waals surface area contributed by atoms with Crippen LogP contribution in [0.5, 0.6) is 0 Å². The van der Waals surface area contributed by atoms with E-state index < -0.39 is 0 Å². The minimum absolute atomic E-state index is 0.0572. The molecule has 2 amide bonds. The average Bonchev–Trinajstić information content (AvgIpc) is 3.40. The Hall–Kier alpha value is -2.33. The SMILES string of the molecule is C[C@@H](NC(=O)c1ccc(NC(=O)C2CC2)cc1)c1cccc(Cl)c1. The number of anilines is 1. The lowest BCUT2D eigenvalue weighted by atomic mass is 10.1. The van der Waals surface area contributed by atoms with E-state index in [2.05, 4.69) is 10.6 Å². The standard InChI is InChI=1S/C19H19ClN2O2/c1-12(15-3-2-4-16(20)11-15)21-18(23)14-7-9-17(10-8-14)22-19(24)13-5-6-13/h2-4,7-13H,5-6H2,1H3,(H,21,23)(H,22,24)/t12-/m1/s1. The van der Waals surface area contributed by atoms with Crippen LogP contribution in [-0.2, 0) is 4.79 Å². The Morgan fingerprint density at radius 1 is 1.12 bits per heavy atom. The highest BCUT2D eigenvalue weighted by atomic mass is 35.5. The number of halogens is 1. The molecule has 0 radical (unpaired) electrons. The van der Waals surface area contributed by atoms with E-state index in [0.717, 1.165) is 18.4 Å². The second kappa shape index (κ2) is 7.05. The molecule has 2 aromatic carbocycles. The lowest BCUT2D eigenvalue weighted by Crippen LogP contribution is -2.26. The van der Waals surface area contributed by atoms with E-state index >= 15 is 0 Å². The van der Waals surface area contributed by atoms with Crippen LogP contribution in [0.3, 0.4) is 0 Å². The molecule has 1 aliphatic carbocycles. The van der Waals surface area contributed by atoms with Gasteiger partial charge in [-0.3, -0.25) is 9.59 Å². The van der Waals surface area contributed by atoms with E-state index in [9.17, 15) is 9.59 Å². The first kappa shape index (κ1) is 16.5. The molecule has 0 heterocycles. The predicted octanol–water partition coefficient (Wildman–Crippen LogP) is 4.18. The van der Waals surface area contributed by atoms with Gasteiger partial charge in [0.05, 0.1) is 6.04 Å². The first-order valence-electron chi connectivity index (χ1n) is 8.00. The molecule has 0 aliphatic heterocycles. The van der Waals surface area contributed by atoms with Gasteiger partial charge in [-0.15, -0.1) is 0 Å². The van der Waals surface area contributed by atoms with Crippen LogP contribution in [0, 0.1) is 5.92 Å². The van der Waals surface area contributed by atoms with Gasteiger partial charge in [-0.1, -0.05) is 23.7 Å². The third kappa shape index (κ3) is 4.15. The van der Waals surface area contributed by atoms with Crippen molar-refractivity contribution in [2.75, 3.05) is 5.32 Å². The van der Waals surface area contributed by atoms with Gasteiger partial charge in [0.2, 0.25) is 5.91 Å². The molecular formula is C19H19ClN2O2. The molecule has 1 fully saturated rings. The fourth-order valence-electron chi connectivity index (χ4n) is 2.43. The molecule has 1 saturated carbocycles. The molecule has 2 N–H and O–H groups in total. The van der Waals surface area contributed by atoms with Crippen molar-refractivity contribution in [1.82, 2.24) is 5.32 Å². The molecule has 24 heavy (non-hydrogen) atoms. The number of hydrogen-bond acceptors (Lipinski definition) is 2. The average molecular weight is 343 g/mol. The largest absolute Gasteiger partial charge is 0.346 e. The van der Waals surface area contributed by atoms with Crippen LogP contribution in [0.4, 0.5) is 5.69 Å². The molecular weight excluding hydrogens is 324 g/mol. The lowest BCUT2D eigenvalue weighted by molar-refractivity contribution is -0.117. The molecule has 0 spiro atoms. The Bertz CT molecular complexity index is 754. The summed E-state index contributed by atoms with van der Waals surface area (Å²) >= 11 is 5.98. The highest BCUT2D eigenvalue weighted by Gasteiger charge is 2.29. The maximum absolute atomic E-state index is 12.3. The van der Waals surface area contributed by atoms with Crippen LogP contribution in [0.2, 0.25) is 5.02 Å². The van der Waals surface area contributed by atoms with E-state index in [4.69, 9.17) is 11.6 Å². The van der Waals surface area contributed by atoms with Crippen LogP contribution in [0.1, 0.15) is 41.7 Å². The van der Waals surface area contributed by atoms with E-state index in [1.54, 1.807) is 30.3 Å². The second-order valence-corrected chi connectivity index (χ2v) is 6.53. The highest BCUT2D eigenvalue weighted by Crippen LogP contribution is 2.30. The Morgan fingerprint density at radius 3 is 2.46 bits per heavy atom. The Balaban J connectivity index is 1.61. The predicted molar refractivity (Wildman–Crippen MR) is 95.1 cm³/mol. The summed E-state index contributed by atoms with van der Waals surface area (Å²) in [7, 11) is 0. The zero-order valence-electron chi connectivity index (χ0n) is 13.4. The minimum atomic E-state index is -0.164. The van der Waals surface area contributed by atoms with Crippen LogP contribution in [0.25, 0.3) is 0 Å². The van der Waals surface area contributed by atoms with Crippen molar-refractivity contribution >= 4 is 29.1 Å². The molecule has 2 aromatic rings. The zero-order chi connectivity index (χ0) is 17.1. The van der Waals surface area contributed by atoms with Gasteiger partial charge in [0.15, 0.2) is 0 Å². The minimum Gasteiger partial charge on any atom is -0.346 e. The van der Waals surface area contributed by atoms with E-state index in [1.165, 1.54) is 0 Å². The maximum Gasteiger partial charge on any atom is 0.251 e. The molecule has 0 aromatic heterocycles. The number of amides is 2. The second-order valence-electron chi connectivity index (χ2n) is 6.09. The van der Waals surface area contributed by atoms with Gasteiger partial charge < -0.3 is 10.6 Å². The first-order chi connectivity index (χ1) is 11.5. The third-order valence-corrected chi connectivity index (χ3v) is 4.29. The quantitative estimate of drug-likeness (QED) is 0.856. The van der Waals surface area contributed by atoms with Gasteiger partial charge >= 0.3 is 0 Å². The molecule has 0 unspecified atom stereocenters. The summed E-state index contributed by atoms with van der Waals surface area (Å²) in [5.74, 6) is 0.0517. The third-order valence-electron chi connectivity index (χ3n) is 4.06. The summed E-state index contributed by atoms with van der Waals surface area (Å²) < 4.78 is 0. The molecule has 1 aliphatic rings.